The van der Waals surface area contributed by atoms with E-state index in [1.165, 1.54) is 13.1 Å². The summed E-state index contributed by atoms with van der Waals surface area (Å²) in [5, 5.41) is 16.2. The third kappa shape index (κ3) is 5.76. The zero-order chi connectivity index (χ0) is 25.5. The quantitative estimate of drug-likeness (QED) is 0.321. The molecular weight excluding hydrogens is 462 g/mol. The minimum absolute atomic E-state index is 0.170. The SMILES string of the molecule is CCNC(=O)Nc1cc(-c2nnc(-c3ccccc3)o2)c(-c2ccnc(C(=O)CNC(C)=O)c2)cn1. The second kappa shape index (κ2) is 11.0. The fourth-order valence-electron chi connectivity index (χ4n) is 3.33. The number of carbonyl (C=O) groups is 3. The molecule has 0 fully saturated rings. The van der Waals surface area contributed by atoms with Crippen LogP contribution < -0.4 is 16.0 Å². The van der Waals surface area contributed by atoms with Crippen LogP contribution >= 0.6 is 0 Å². The number of urea groups is 1. The zero-order valence-corrected chi connectivity index (χ0v) is 19.6. The van der Waals surface area contributed by atoms with E-state index in [1.54, 1.807) is 31.3 Å². The van der Waals surface area contributed by atoms with E-state index in [9.17, 15) is 14.4 Å². The largest absolute Gasteiger partial charge is 0.416 e. The van der Waals surface area contributed by atoms with Crippen molar-refractivity contribution in [2.45, 2.75) is 13.8 Å². The van der Waals surface area contributed by atoms with Gasteiger partial charge in [-0.3, -0.25) is 19.9 Å². The smallest absolute Gasteiger partial charge is 0.320 e. The number of anilines is 1. The summed E-state index contributed by atoms with van der Waals surface area (Å²) < 4.78 is 5.96. The van der Waals surface area contributed by atoms with Crippen LogP contribution in [0.25, 0.3) is 34.0 Å². The van der Waals surface area contributed by atoms with Crippen LogP contribution in [0.1, 0.15) is 24.3 Å². The number of aromatic nitrogens is 4. The number of Topliss-reactive ketones (excluding diaryl/α,β-unsaturated/α-hetero) is 1. The van der Waals surface area contributed by atoms with E-state index < -0.39 is 6.03 Å². The van der Waals surface area contributed by atoms with Crippen LogP contribution in [-0.2, 0) is 4.79 Å². The van der Waals surface area contributed by atoms with Gasteiger partial charge in [0.25, 0.3) is 0 Å². The average Bonchev–Trinajstić information content (AvgIpc) is 3.38. The van der Waals surface area contributed by atoms with Crippen molar-refractivity contribution in [1.29, 1.82) is 0 Å². The Morgan fingerprint density at radius 2 is 1.67 bits per heavy atom. The van der Waals surface area contributed by atoms with E-state index in [1.807, 2.05) is 30.3 Å². The molecule has 0 atom stereocenters. The molecule has 3 heterocycles. The van der Waals surface area contributed by atoms with Gasteiger partial charge in [0, 0.05) is 37.0 Å². The molecule has 4 rings (SSSR count). The molecule has 0 spiro atoms. The van der Waals surface area contributed by atoms with Crippen LogP contribution in [0.2, 0.25) is 0 Å². The Balaban J connectivity index is 1.75. The molecule has 182 valence electrons. The molecule has 36 heavy (non-hydrogen) atoms. The summed E-state index contributed by atoms with van der Waals surface area (Å²) in [6.07, 6.45) is 3.03. The van der Waals surface area contributed by atoms with Gasteiger partial charge in [0.2, 0.25) is 17.7 Å². The first-order valence-corrected chi connectivity index (χ1v) is 11.1. The molecule has 0 saturated heterocycles. The van der Waals surface area contributed by atoms with Gasteiger partial charge in [-0.2, -0.15) is 0 Å². The fraction of sp³-hybridized carbons (Fsp3) is 0.160. The number of hydrogen-bond donors (Lipinski definition) is 3. The maximum atomic E-state index is 12.5. The van der Waals surface area contributed by atoms with Crippen molar-refractivity contribution >= 4 is 23.5 Å². The predicted molar refractivity (Wildman–Crippen MR) is 132 cm³/mol. The molecule has 3 amide bonds. The van der Waals surface area contributed by atoms with Gasteiger partial charge in [-0.05, 0) is 42.8 Å². The monoisotopic (exact) mass is 485 g/mol. The zero-order valence-electron chi connectivity index (χ0n) is 19.6. The van der Waals surface area contributed by atoms with Gasteiger partial charge >= 0.3 is 6.03 Å². The van der Waals surface area contributed by atoms with Crippen molar-refractivity contribution in [1.82, 2.24) is 30.8 Å². The van der Waals surface area contributed by atoms with Gasteiger partial charge in [-0.1, -0.05) is 18.2 Å². The van der Waals surface area contributed by atoms with Crippen molar-refractivity contribution in [3.05, 3.63) is 66.6 Å². The highest BCUT2D eigenvalue weighted by molar-refractivity contribution is 5.99. The number of nitrogens with zero attached hydrogens (tertiary/aromatic N) is 4. The number of pyridine rings is 2. The maximum absolute atomic E-state index is 12.5. The predicted octanol–water partition coefficient (Wildman–Crippen LogP) is 3.32. The summed E-state index contributed by atoms with van der Waals surface area (Å²) in [6, 6.07) is 13.8. The Hall–Kier alpha value is -4.93. The molecule has 11 nitrogen and oxygen atoms in total. The van der Waals surface area contributed by atoms with Gasteiger partial charge in [0.1, 0.15) is 11.5 Å². The highest BCUT2D eigenvalue weighted by atomic mass is 16.4. The Morgan fingerprint density at radius 3 is 2.42 bits per heavy atom. The molecule has 3 N–H and O–H groups in total. The van der Waals surface area contributed by atoms with E-state index in [0.29, 0.717) is 29.1 Å². The van der Waals surface area contributed by atoms with Crippen LogP contribution in [-0.4, -0.2) is 51.0 Å². The molecule has 0 aliphatic rings. The van der Waals surface area contributed by atoms with Crippen LogP contribution in [0.4, 0.5) is 10.6 Å². The van der Waals surface area contributed by atoms with E-state index >= 15 is 0 Å². The van der Waals surface area contributed by atoms with Crippen molar-refractivity contribution in [3.8, 4) is 34.0 Å². The third-order valence-corrected chi connectivity index (χ3v) is 5.01. The second-order valence-electron chi connectivity index (χ2n) is 7.64. The number of nitrogens with one attached hydrogen (secondary N) is 3. The van der Waals surface area contributed by atoms with E-state index in [-0.39, 0.29) is 35.6 Å². The van der Waals surface area contributed by atoms with Crippen LogP contribution in [0.3, 0.4) is 0 Å². The number of amides is 3. The number of carbonyl (C=O) groups excluding carboxylic acids is 3. The minimum Gasteiger partial charge on any atom is -0.416 e. The Kier molecular flexibility index (Phi) is 7.39. The molecule has 11 heteroatoms. The summed E-state index contributed by atoms with van der Waals surface area (Å²) >= 11 is 0. The lowest BCUT2D eigenvalue weighted by molar-refractivity contribution is -0.118. The first kappa shape index (κ1) is 24.2. The lowest BCUT2D eigenvalue weighted by atomic mass is 10.0. The number of rotatable bonds is 8. The second-order valence-corrected chi connectivity index (χ2v) is 7.64. The normalized spacial score (nSPS) is 10.5. The third-order valence-electron chi connectivity index (χ3n) is 5.01. The van der Waals surface area contributed by atoms with Crippen molar-refractivity contribution in [2.24, 2.45) is 0 Å². The maximum Gasteiger partial charge on any atom is 0.320 e. The van der Waals surface area contributed by atoms with Crippen molar-refractivity contribution < 1.29 is 18.8 Å². The molecule has 0 radical (unpaired) electrons. The van der Waals surface area contributed by atoms with E-state index in [0.717, 1.165) is 5.56 Å². The highest BCUT2D eigenvalue weighted by Crippen LogP contribution is 2.34. The van der Waals surface area contributed by atoms with Gasteiger partial charge in [-0.15, -0.1) is 10.2 Å². The highest BCUT2D eigenvalue weighted by Gasteiger charge is 2.19. The summed E-state index contributed by atoms with van der Waals surface area (Å²) in [7, 11) is 0. The van der Waals surface area contributed by atoms with Crippen LogP contribution in [0.15, 0.2) is 65.3 Å². The van der Waals surface area contributed by atoms with Crippen molar-refractivity contribution in [3.63, 3.8) is 0 Å². The summed E-state index contributed by atoms with van der Waals surface area (Å²) in [5.41, 5.74) is 2.62. The fourth-order valence-corrected chi connectivity index (χ4v) is 3.33. The number of ketones is 1. The molecule has 3 aromatic heterocycles. The van der Waals surface area contributed by atoms with Gasteiger partial charge in [0.05, 0.1) is 12.1 Å². The Labute approximate surface area is 206 Å². The minimum atomic E-state index is -0.408. The molecule has 0 unspecified atom stereocenters. The van der Waals surface area contributed by atoms with E-state index in [2.05, 4.69) is 36.1 Å². The number of benzene rings is 1. The van der Waals surface area contributed by atoms with E-state index in [4.69, 9.17) is 4.42 Å². The lowest BCUT2D eigenvalue weighted by Crippen LogP contribution is -2.28. The summed E-state index contributed by atoms with van der Waals surface area (Å²) in [6.45, 7) is 3.42. The molecule has 1 aromatic carbocycles. The first-order chi connectivity index (χ1) is 17.4. The molecule has 0 aliphatic carbocycles. The molecule has 0 saturated carbocycles. The molecular formula is C25H23N7O4. The Bertz CT molecular complexity index is 1400. The lowest BCUT2D eigenvalue weighted by Gasteiger charge is -2.11. The topological polar surface area (TPSA) is 152 Å². The van der Waals surface area contributed by atoms with Gasteiger partial charge in [-0.25, -0.2) is 9.78 Å². The summed E-state index contributed by atoms with van der Waals surface area (Å²) in [4.78, 5) is 44.2. The Morgan fingerprint density at radius 1 is 0.889 bits per heavy atom. The molecule has 4 aromatic rings. The van der Waals surface area contributed by atoms with Crippen LogP contribution in [0, 0.1) is 0 Å². The van der Waals surface area contributed by atoms with Gasteiger partial charge in [0.15, 0.2) is 5.78 Å². The molecule has 0 aliphatic heterocycles. The summed E-state index contributed by atoms with van der Waals surface area (Å²) in [5.74, 6) is 0.142. The van der Waals surface area contributed by atoms with Crippen LogP contribution in [0.5, 0.6) is 0 Å². The average molecular weight is 486 g/mol. The standard InChI is InChI=1S/C25H23N7O4/c1-3-26-25(35)30-22-12-18(24-32-31-23(36-24)16-7-5-4-6-8-16)19(13-29-22)17-9-10-27-20(11-17)21(34)14-28-15(2)33/h4-13H,3,14H2,1-2H3,(H,28,33)(H2,26,29,30,35). The molecule has 0 bridgehead atoms. The van der Waals surface area contributed by atoms with Gasteiger partial charge < -0.3 is 15.1 Å². The van der Waals surface area contributed by atoms with Crippen molar-refractivity contribution in [2.75, 3.05) is 18.4 Å². The first-order valence-electron chi connectivity index (χ1n) is 11.1. The number of hydrogen-bond acceptors (Lipinski definition) is 8.